The van der Waals surface area contributed by atoms with Crippen LogP contribution in [0.25, 0.3) is 5.69 Å². The Labute approximate surface area is 166 Å². The van der Waals surface area contributed by atoms with Gasteiger partial charge in [0.15, 0.2) is 0 Å². The second-order valence-corrected chi connectivity index (χ2v) is 6.96. The van der Waals surface area contributed by atoms with Crippen LogP contribution in [0.3, 0.4) is 0 Å². The first kappa shape index (κ1) is 19.3. The molecule has 0 saturated carbocycles. The van der Waals surface area contributed by atoms with Crippen LogP contribution in [0, 0.1) is 0 Å². The predicted molar refractivity (Wildman–Crippen MR) is 102 cm³/mol. The molecule has 29 heavy (non-hydrogen) atoms. The van der Waals surface area contributed by atoms with Crippen molar-refractivity contribution in [3.63, 3.8) is 0 Å². The molecule has 3 heterocycles. The lowest BCUT2D eigenvalue weighted by Gasteiger charge is -2.22. The lowest BCUT2D eigenvalue weighted by molar-refractivity contribution is -0.274. The van der Waals surface area contributed by atoms with Crippen LogP contribution < -0.4 is 9.64 Å². The largest absolute Gasteiger partial charge is 0.573 e. The maximum absolute atomic E-state index is 12.3. The molecule has 1 aliphatic heterocycles. The van der Waals surface area contributed by atoms with Crippen molar-refractivity contribution in [2.75, 3.05) is 18.1 Å². The van der Waals surface area contributed by atoms with Crippen molar-refractivity contribution in [3.8, 4) is 11.4 Å². The quantitative estimate of drug-likeness (QED) is 0.648. The summed E-state index contributed by atoms with van der Waals surface area (Å²) in [5.41, 5.74) is 2.89. The van der Waals surface area contributed by atoms with Gasteiger partial charge < -0.3 is 9.64 Å². The molecule has 1 atom stereocenters. The predicted octanol–water partition coefficient (Wildman–Crippen LogP) is 3.83. The topological polar surface area (TPSA) is 46.4 Å². The summed E-state index contributed by atoms with van der Waals surface area (Å²) in [5, 5.41) is 4.29. The summed E-state index contributed by atoms with van der Waals surface area (Å²) < 4.78 is 42.7. The van der Waals surface area contributed by atoms with E-state index in [1.165, 1.54) is 12.1 Å². The van der Waals surface area contributed by atoms with E-state index >= 15 is 0 Å². The first-order chi connectivity index (χ1) is 13.9. The zero-order valence-electron chi connectivity index (χ0n) is 15.8. The molecule has 1 aromatic carbocycles. The SMILES string of the molecule is CC1CN(c2ccc(OC(F)(F)F)cc2)CN1Cc1ccncc1-n1cccn1. The number of aromatic nitrogens is 3. The minimum absolute atomic E-state index is 0.217. The third-order valence-corrected chi connectivity index (χ3v) is 4.91. The van der Waals surface area contributed by atoms with Crippen molar-refractivity contribution in [3.05, 3.63) is 66.7 Å². The monoisotopic (exact) mass is 403 g/mol. The van der Waals surface area contributed by atoms with Gasteiger partial charge in [0.05, 0.1) is 18.6 Å². The van der Waals surface area contributed by atoms with Crippen molar-refractivity contribution in [1.82, 2.24) is 19.7 Å². The van der Waals surface area contributed by atoms with Gasteiger partial charge in [0, 0.05) is 43.4 Å². The minimum atomic E-state index is -4.68. The summed E-state index contributed by atoms with van der Waals surface area (Å²) >= 11 is 0. The maximum atomic E-state index is 12.3. The Hall–Kier alpha value is -3.07. The molecule has 6 nitrogen and oxygen atoms in total. The second-order valence-electron chi connectivity index (χ2n) is 6.96. The smallest absolute Gasteiger partial charge is 0.406 e. The van der Waals surface area contributed by atoms with E-state index in [0.29, 0.717) is 13.2 Å². The van der Waals surface area contributed by atoms with Crippen LogP contribution in [0.2, 0.25) is 0 Å². The van der Waals surface area contributed by atoms with Gasteiger partial charge in [0.2, 0.25) is 0 Å². The van der Waals surface area contributed by atoms with Gasteiger partial charge in [-0.05, 0) is 48.9 Å². The number of hydrogen-bond acceptors (Lipinski definition) is 5. The molecule has 2 aromatic heterocycles. The average molecular weight is 403 g/mol. The molecule has 0 aliphatic carbocycles. The summed E-state index contributed by atoms with van der Waals surface area (Å²) in [7, 11) is 0. The van der Waals surface area contributed by atoms with E-state index in [1.54, 1.807) is 35.4 Å². The maximum Gasteiger partial charge on any atom is 0.573 e. The zero-order chi connectivity index (χ0) is 20.4. The van der Waals surface area contributed by atoms with E-state index in [1.807, 2.05) is 18.3 Å². The van der Waals surface area contributed by atoms with Crippen LogP contribution in [-0.4, -0.2) is 45.3 Å². The molecule has 9 heteroatoms. The Morgan fingerprint density at radius 2 is 1.93 bits per heavy atom. The van der Waals surface area contributed by atoms with E-state index in [2.05, 4.69) is 31.5 Å². The summed E-state index contributed by atoms with van der Waals surface area (Å²) in [6, 6.07) is 10.1. The van der Waals surface area contributed by atoms with Gasteiger partial charge in [-0.3, -0.25) is 9.88 Å². The highest BCUT2D eigenvalue weighted by molar-refractivity contribution is 5.50. The fraction of sp³-hybridized carbons (Fsp3) is 0.300. The minimum Gasteiger partial charge on any atom is -0.406 e. The number of nitrogens with zero attached hydrogens (tertiary/aromatic N) is 5. The number of alkyl halides is 3. The van der Waals surface area contributed by atoms with Gasteiger partial charge in [-0.2, -0.15) is 5.10 Å². The van der Waals surface area contributed by atoms with Gasteiger partial charge in [-0.25, -0.2) is 4.68 Å². The van der Waals surface area contributed by atoms with Crippen LogP contribution in [0.15, 0.2) is 61.2 Å². The first-order valence-electron chi connectivity index (χ1n) is 9.17. The molecule has 152 valence electrons. The van der Waals surface area contributed by atoms with Crippen LogP contribution in [0.1, 0.15) is 12.5 Å². The molecule has 0 spiro atoms. The molecule has 0 amide bonds. The molecule has 4 rings (SSSR count). The summed E-state index contributed by atoms with van der Waals surface area (Å²) in [6.45, 7) is 4.30. The molecule has 1 aliphatic rings. The van der Waals surface area contributed by atoms with E-state index in [-0.39, 0.29) is 11.8 Å². The van der Waals surface area contributed by atoms with Crippen LogP contribution in [0.4, 0.5) is 18.9 Å². The van der Waals surface area contributed by atoms with Crippen molar-refractivity contribution in [1.29, 1.82) is 0 Å². The van der Waals surface area contributed by atoms with Crippen molar-refractivity contribution >= 4 is 5.69 Å². The number of rotatable bonds is 5. The number of halogens is 3. The Morgan fingerprint density at radius 3 is 2.62 bits per heavy atom. The average Bonchev–Trinajstić information content (AvgIpc) is 3.32. The molecule has 1 fully saturated rings. The standard InChI is InChI=1S/C20H20F3N5O/c1-15-12-27(17-3-5-18(6-4-17)29-20(21,22)23)14-26(15)13-16-7-9-24-11-19(16)28-10-2-8-25-28/h2-11,15H,12-14H2,1H3. The molecule has 0 radical (unpaired) electrons. The Kier molecular flexibility index (Phi) is 5.14. The number of anilines is 1. The van der Waals surface area contributed by atoms with Gasteiger partial charge in [0.1, 0.15) is 5.75 Å². The van der Waals surface area contributed by atoms with E-state index < -0.39 is 6.36 Å². The number of pyridine rings is 1. The summed E-state index contributed by atoms with van der Waals surface area (Å²) in [5.74, 6) is -0.217. The lowest BCUT2D eigenvalue weighted by Crippen LogP contribution is -2.28. The van der Waals surface area contributed by atoms with Gasteiger partial charge in [-0.1, -0.05) is 0 Å². The number of ether oxygens (including phenoxy) is 1. The molecule has 3 aromatic rings. The first-order valence-corrected chi connectivity index (χ1v) is 9.17. The van der Waals surface area contributed by atoms with Gasteiger partial charge in [0.25, 0.3) is 0 Å². The van der Waals surface area contributed by atoms with Crippen LogP contribution in [-0.2, 0) is 6.54 Å². The zero-order valence-corrected chi connectivity index (χ0v) is 15.8. The van der Waals surface area contributed by atoms with Gasteiger partial charge >= 0.3 is 6.36 Å². The van der Waals surface area contributed by atoms with E-state index in [4.69, 9.17) is 0 Å². The molecule has 1 unspecified atom stereocenters. The fourth-order valence-electron chi connectivity index (χ4n) is 3.49. The highest BCUT2D eigenvalue weighted by Gasteiger charge is 2.31. The summed E-state index contributed by atoms with van der Waals surface area (Å²) in [4.78, 5) is 8.65. The normalized spacial score (nSPS) is 17.7. The summed E-state index contributed by atoms with van der Waals surface area (Å²) in [6.07, 6.45) is 2.48. The van der Waals surface area contributed by atoms with Crippen molar-refractivity contribution in [2.45, 2.75) is 25.9 Å². The van der Waals surface area contributed by atoms with E-state index in [0.717, 1.165) is 23.5 Å². The Morgan fingerprint density at radius 1 is 1.14 bits per heavy atom. The van der Waals surface area contributed by atoms with Crippen molar-refractivity contribution < 1.29 is 17.9 Å². The molecular weight excluding hydrogens is 383 g/mol. The molecule has 1 saturated heterocycles. The third-order valence-electron chi connectivity index (χ3n) is 4.91. The third kappa shape index (κ3) is 4.51. The highest BCUT2D eigenvalue weighted by atomic mass is 19.4. The van der Waals surface area contributed by atoms with Crippen LogP contribution in [0.5, 0.6) is 5.75 Å². The lowest BCUT2D eigenvalue weighted by atomic mass is 10.2. The van der Waals surface area contributed by atoms with Gasteiger partial charge in [-0.15, -0.1) is 13.2 Å². The Bertz CT molecular complexity index is 944. The second kappa shape index (κ2) is 7.75. The fourth-order valence-corrected chi connectivity index (χ4v) is 3.49. The van der Waals surface area contributed by atoms with Crippen molar-refractivity contribution in [2.24, 2.45) is 0 Å². The highest BCUT2D eigenvalue weighted by Crippen LogP contribution is 2.28. The molecule has 0 bridgehead atoms. The van der Waals surface area contributed by atoms with Crippen LogP contribution >= 0.6 is 0 Å². The number of hydrogen-bond donors (Lipinski definition) is 0. The number of benzene rings is 1. The molecule has 0 N–H and O–H groups in total. The molecular formula is C20H20F3N5O. The Balaban J connectivity index is 1.46. The van der Waals surface area contributed by atoms with E-state index in [9.17, 15) is 13.2 Å².